The van der Waals surface area contributed by atoms with Gasteiger partial charge in [-0.1, -0.05) is 67.6 Å². The Balaban J connectivity index is 1.97. The molecule has 0 spiro atoms. The van der Waals surface area contributed by atoms with Crippen molar-refractivity contribution in [2.45, 2.75) is 18.8 Å². The molecule has 2 atom stereocenters. The summed E-state index contributed by atoms with van der Waals surface area (Å²) >= 11 is 0. The number of hydrogen-bond acceptors (Lipinski definition) is 2. The molecule has 3 heteroatoms. The number of nitriles is 1. The fraction of sp³-hybridized carbons (Fsp3) is 0.222. The van der Waals surface area contributed by atoms with Crippen molar-refractivity contribution in [1.82, 2.24) is 5.32 Å². The normalized spacial score (nSPS) is 13.0. The average molecular weight is 278 g/mol. The molecule has 0 heterocycles. The van der Waals surface area contributed by atoms with E-state index in [0.717, 1.165) is 5.56 Å². The highest BCUT2D eigenvalue weighted by molar-refractivity contribution is 5.86. The molecule has 21 heavy (non-hydrogen) atoms. The lowest BCUT2D eigenvalue weighted by molar-refractivity contribution is -0.121. The second-order valence-corrected chi connectivity index (χ2v) is 5.03. The van der Waals surface area contributed by atoms with Crippen LogP contribution in [0.15, 0.2) is 60.7 Å². The Kier molecular flexibility index (Phi) is 5.11. The van der Waals surface area contributed by atoms with Crippen molar-refractivity contribution in [3.05, 3.63) is 71.8 Å². The summed E-state index contributed by atoms with van der Waals surface area (Å²) in [6.07, 6.45) is 0. The maximum absolute atomic E-state index is 12.2. The van der Waals surface area contributed by atoms with Gasteiger partial charge in [0.1, 0.15) is 5.92 Å². The van der Waals surface area contributed by atoms with E-state index in [9.17, 15) is 10.1 Å². The van der Waals surface area contributed by atoms with E-state index >= 15 is 0 Å². The van der Waals surface area contributed by atoms with Crippen molar-refractivity contribution in [2.24, 2.45) is 0 Å². The van der Waals surface area contributed by atoms with Gasteiger partial charge in [0.05, 0.1) is 6.07 Å². The molecule has 0 saturated carbocycles. The Labute approximate surface area is 125 Å². The Morgan fingerprint density at radius 2 is 1.57 bits per heavy atom. The molecule has 0 aliphatic rings. The molecule has 1 N–H and O–H groups in total. The molecule has 0 saturated heterocycles. The van der Waals surface area contributed by atoms with Crippen LogP contribution in [-0.4, -0.2) is 12.5 Å². The van der Waals surface area contributed by atoms with Gasteiger partial charge in [0.15, 0.2) is 0 Å². The summed E-state index contributed by atoms with van der Waals surface area (Å²) in [5.74, 6) is -0.786. The lowest BCUT2D eigenvalue weighted by Gasteiger charge is -2.15. The van der Waals surface area contributed by atoms with Gasteiger partial charge in [0, 0.05) is 6.54 Å². The molecule has 0 fully saturated rings. The van der Waals surface area contributed by atoms with Crippen LogP contribution in [0, 0.1) is 11.3 Å². The Hall–Kier alpha value is -2.60. The van der Waals surface area contributed by atoms with Crippen molar-refractivity contribution in [3.8, 4) is 6.07 Å². The SMILES string of the molecule is CC(CNC(=O)C(C#N)c1ccccc1)c1ccccc1. The maximum atomic E-state index is 12.2. The van der Waals surface area contributed by atoms with Crippen molar-refractivity contribution >= 4 is 5.91 Å². The number of amides is 1. The monoisotopic (exact) mass is 278 g/mol. The third-order valence-corrected chi connectivity index (χ3v) is 3.48. The summed E-state index contributed by atoms with van der Waals surface area (Å²) in [6, 6.07) is 21.2. The molecule has 0 radical (unpaired) electrons. The number of carbonyl (C=O) groups is 1. The summed E-state index contributed by atoms with van der Waals surface area (Å²) < 4.78 is 0. The summed E-state index contributed by atoms with van der Waals surface area (Å²) in [7, 11) is 0. The molecule has 1 amide bonds. The van der Waals surface area contributed by atoms with Crippen LogP contribution >= 0.6 is 0 Å². The third-order valence-electron chi connectivity index (χ3n) is 3.48. The van der Waals surface area contributed by atoms with Crippen molar-refractivity contribution in [3.63, 3.8) is 0 Å². The van der Waals surface area contributed by atoms with Crippen LogP contribution in [0.4, 0.5) is 0 Å². The molecule has 0 bridgehead atoms. The minimum absolute atomic E-state index is 0.213. The molecule has 106 valence electrons. The molecule has 0 aliphatic heterocycles. The molecule has 3 nitrogen and oxygen atoms in total. The molecule has 2 aromatic rings. The highest BCUT2D eigenvalue weighted by Gasteiger charge is 2.20. The fourth-order valence-corrected chi connectivity index (χ4v) is 2.19. The first-order valence-electron chi connectivity index (χ1n) is 6.99. The second kappa shape index (κ2) is 7.25. The van der Waals surface area contributed by atoms with Crippen molar-refractivity contribution in [1.29, 1.82) is 5.26 Å². The quantitative estimate of drug-likeness (QED) is 0.913. The number of hydrogen-bond donors (Lipinski definition) is 1. The van der Waals surface area contributed by atoms with E-state index in [1.165, 1.54) is 5.56 Å². The Morgan fingerprint density at radius 3 is 2.10 bits per heavy atom. The number of benzene rings is 2. The number of rotatable bonds is 5. The second-order valence-electron chi connectivity index (χ2n) is 5.03. The van der Waals surface area contributed by atoms with Gasteiger partial charge in [-0.05, 0) is 17.0 Å². The van der Waals surface area contributed by atoms with E-state index < -0.39 is 5.92 Å². The number of nitrogens with zero attached hydrogens (tertiary/aromatic N) is 1. The zero-order valence-electron chi connectivity index (χ0n) is 12.0. The first kappa shape index (κ1) is 14.8. The van der Waals surface area contributed by atoms with Gasteiger partial charge in [0.2, 0.25) is 5.91 Å². The van der Waals surface area contributed by atoms with Crippen molar-refractivity contribution in [2.75, 3.05) is 6.54 Å². The molecule has 0 aliphatic carbocycles. The Bertz CT molecular complexity index is 617. The van der Waals surface area contributed by atoms with E-state index in [1.807, 2.05) is 48.5 Å². The van der Waals surface area contributed by atoms with E-state index in [0.29, 0.717) is 6.54 Å². The van der Waals surface area contributed by atoms with Crippen LogP contribution in [0.3, 0.4) is 0 Å². The van der Waals surface area contributed by atoms with E-state index in [-0.39, 0.29) is 11.8 Å². The predicted octanol–water partition coefficient (Wildman–Crippen LogP) is 3.21. The van der Waals surface area contributed by atoms with Gasteiger partial charge >= 0.3 is 0 Å². The Morgan fingerprint density at radius 1 is 1.05 bits per heavy atom. The smallest absolute Gasteiger partial charge is 0.241 e. The van der Waals surface area contributed by atoms with Crippen LogP contribution in [-0.2, 0) is 4.79 Å². The predicted molar refractivity (Wildman–Crippen MR) is 82.7 cm³/mol. The molecule has 0 aromatic heterocycles. The maximum Gasteiger partial charge on any atom is 0.241 e. The highest BCUT2D eigenvalue weighted by atomic mass is 16.1. The van der Waals surface area contributed by atoms with Crippen LogP contribution in [0.25, 0.3) is 0 Å². The lowest BCUT2D eigenvalue weighted by atomic mass is 9.98. The molecule has 2 aromatic carbocycles. The standard InChI is InChI=1S/C18H18N2O/c1-14(15-8-4-2-5-9-15)13-20-18(21)17(12-19)16-10-6-3-7-11-16/h2-11,14,17H,13H2,1H3,(H,20,21). The van der Waals surface area contributed by atoms with Crippen LogP contribution < -0.4 is 5.32 Å². The number of nitrogens with one attached hydrogen (secondary N) is 1. The first-order chi connectivity index (χ1) is 10.2. The van der Waals surface area contributed by atoms with Crippen LogP contribution in [0.5, 0.6) is 0 Å². The molecular formula is C18H18N2O. The minimum atomic E-state index is -0.755. The first-order valence-corrected chi connectivity index (χ1v) is 6.99. The van der Waals surface area contributed by atoms with Gasteiger partial charge < -0.3 is 5.32 Å². The topological polar surface area (TPSA) is 52.9 Å². The van der Waals surface area contributed by atoms with Gasteiger partial charge in [-0.3, -0.25) is 4.79 Å². The highest BCUT2D eigenvalue weighted by Crippen LogP contribution is 2.16. The van der Waals surface area contributed by atoms with E-state index in [2.05, 4.69) is 18.3 Å². The average Bonchev–Trinajstić information content (AvgIpc) is 2.55. The van der Waals surface area contributed by atoms with Crippen molar-refractivity contribution < 1.29 is 4.79 Å². The van der Waals surface area contributed by atoms with Gasteiger partial charge in [0.25, 0.3) is 0 Å². The van der Waals surface area contributed by atoms with Gasteiger partial charge in [-0.2, -0.15) is 5.26 Å². The summed E-state index contributed by atoms with van der Waals surface area (Å²) in [5, 5.41) is 12.1. The summed E-state index contributed by atoms with van der Waals surface area (Å²) in [6.45, 7) is 2.58. The van der Waals surface area contributed by atoms with E-state index in [1.54, 1.807) is 12.1 Å². The van der Waals surface area contributed by atoms with Gasteiger partial charge in [-0.15, -0.1) is 0 Å². The fourth-order valence-electron chi connectivity index (χ4n) is 2.19. The largest absolute Gasteiger partial charge is 0.354 e. The zero-order valence-corrected chi connectivity index (χ0v) is 12.0. The summed E-state index contributed by atoms with van der Waals surface area (Å²) in [4.78, 5) is 12.2. The van der Waals surface area contributed by atoms with Crippen LogP contribution in [0.1, 0.15) is 29.9 Å². The minimum Gasteiger partial charge on any atom is -0.354 e. The van der Waals surface area contributed by atoms with E-state index in [4.69, 9.17) is 0 Å². The van der Waals surface area contributed by atoms with Gasteiger partial charge in [-0.25, -0.2) is 0 Å². The molecule has 2 unspecified atom stereocenters. The number of carbonyl (C=O) groups excluding carboxylic acids is 1. The lowest BCUT2D eigenvalue weighted by Crippen LogP contribution is -2.31. The molecular weight excluding hydrogens is 260 g/mol. The molecule has 2 rings (SSSR count). The third kappa shape index (κ3) is 3.93. The van der Waals surface area contributed by atoms with Crippen LogP contribution in [0.2, 0.25) is 0 Å². The summed E-state index contributed by atoms with van der Waals surface area (Å²) in [5.41, 5.74) is 1.90. The zero-order chi connectivity index (χ0) is 15.1.